The Labute approximate surface area is 121 Å². The van der Waals surface area contributed by atoms with Crippen LogP contribution in [0.1, 0.15) is 26.3 Å². The highest BCUT2D eigenvalue weighted by Gasteiger charge is 2.22. The molecule has 0 aliphatic rings. The number of hydrogen-bond donors (Lipinski definition) is 2. The van der Waals surface area contributed by atoms with Crippen LogP contribution in [0.2, 0.25) is 0 Å². The maximum atomic E-state index is 12.2. The summed E-state index contributed by atoms with van der Waals surface area (Å²) in [7, 11) is -3.50. The maximum absolute atomic E-state index is 12.2. The van der Waals surface area contributed by atoms with E-state index in [1.165, 1.54) is 0 Å². The van der Waals surface area contributed by atoms with Crippen molar-refractivity contribution in [1.29, 1.82) is 0 Å². The minimum atomic E-state index is -3.50. The predicted molar refractivity (Wildman–Crippen MR) is 80.1 cm³/mol. The standard InChI is InChI=1S/C14H24N2O3S/c1-4-19-14(2,3)11-16-20(17,18)13-7-5-12(6-8-13)9-10-15/h5-8,16H,4,9-11,15H2,1-3H3. The molecule has 0 aromatic heterocycles. The minimum Gasteiger partial charge on any atom is -0.375 e. The Kier molecular flexibility index (Phi) is 6.13. The van der Waals surface area contributed by atoms with Crippen LogP contribution >= 0.6 is 0 Å². The zero-order chi connectivity index (χ0) is 15.2. The summed E-state index contributed by atoms with van der Waals surface area (Å²) in [6, 6.07) is 6.77. The molecule has 0 radical (unpaired) electrons. The number of benzene rings is 1. The SMILES string of the molecule is CCOC(C)(C)CNS(=O)(=O)c1ccc(CCN)cc1. The maximum Gasteiger partial charge on any atom is 0.240 e. The Bertz CT molecular complexity index is 510. The summed E-state index contributed by atoms with van der Waals surface area (Å²) in [5, 5.41) is 0. The highest BCUT2D eigenvalue weighted by atomic mass is 32.2. The number of nitrogens with one attached hydrogen (secondary N) is 1. The van der Waals surface area contributed by atoms with Crippen LogP contribution in [0.15, 0.2) is 29.2 Å². The summed E-state index contributed by atoms with van der Waals surface area (Å²) >= 11 is 0. The summed E-state index contributed by atoms with van der Waals surface area (Å²) in [6.45, 7) is 6.91. The van der Waals surface area contributed by atoms with Gasteiger partial charge in [0.05, 0.1) is 10.5 Å². The molecule has 0 heterocycles. The predicted octanol–water partition coefficient (Wildman–Crippen LogP) is 1.28. The second kappa shape index (κ2) is 7.17. The van der Waals surface area contributed by atoms with Crippen molar-refractivity contribution >= 4 is 10.0 Å². The van der Waals surface area contributed by atoms with Gasteiger partial charge < -0.3 is 10.5 Å². The normalized spacial score (nSPS) is 12.6. The summed E-state index contributed by atoms with van der Waals surface area (Å²) in [4.78, 5) is 0.255. The van der Waals surface area contributed by atoms with Gasteiger partial charge in [0.15, 0.2) is 0 Å². The van der Waals surface area contributed by atoms with Gasteiger partial charge in [0.1, 0.15) is 0 Å². The topological polar surface area (TPSA) is 81.4 Å². The van der Waals surface area contributed by atoms with E-state index in [1.807, 2.05) is 20.8 Å². The van der Waals surface area contributed by atoms with Crippen molar-refractivity contribution in [2.45, 2.75) is 37.7 Å². The summed E-state index contributed by atoms with van der Waals surface area (Å²) < 4.78 is 32.4. The molecule has 0 unspecified atom stereocenters. The van der Waals surface area contributed by atoms with Gasteiger partial charge in [-0.1, -0.05) is 12.1 Å². The molecule has 3 N–H and O–H groups in total. The molecule has 0 amide bonds. The van der Waals surface area contributed by atoms with Gasteiger partial charge in [-0.25, -0.2) is 13.1 Å². The number of rotatable bonds is 8. The lowest BCUT2D eigenvalue weighted by atomic mass is 10.1. The zero-order valence-corrected chi connectivity index (χ0v) is 13.2. The van der Waals surface area contributed by atoms with Crippen LogP contribution in [-0.4, -0.2) is 33.7 Å². The van der Waals surface area contributed by atoms with Crippen LogP contribution < -0.4 is 10.5 Å². The van der Waals surface area contributed by atoms with E-state index in [4.69, 9.17) is 10.5 Å². The van der Waals surface area contributed by atoms with Crippen LogP contribution in [0, 0.1) is 0 Å². The molecule has 0 saturated carbocycles. The third-order valence-corrected chi connectivity index (χ3v) is 4.31. The summed E-state index contributed by atoms with van der Waals surface area (Å²) in [6.07, 6.45) is 0.741. The molecule has 20 heavy (non-hydrogen) atoms. The van der Waals surface area contributed by atoms with Gasteiger partial charge in [0.25, 0.3) is 0 Å². The Morgan fingerprint density at radius 1 is 1.25 bits per heavy atom. The van der Waals surface area contributed by atoms with Crippen LogP contribution in [0.3, 0.4) is 0 Å². The summed E-state index contributed by atoms with van der Waals surface area (Å²) in [5.41, 5.74) is 5.97. The number of hydrogen-bond acceptors (Lipinski definition) is 4. The molecule has 0 fully saturated rings. The minimum absolute atomic E-state index is 0.230. The third kappa shape index (κ3) is 5.20. The Morgan fingerprint density at radius 2 is 1.85 bits per heavy atom. The zero-order valence-electron chi connectivity index (χ0n) is 12.3. The van der Waals surface area contributed by atoms with Crippen LogP contribution in [0.4, 0.5) is 0 Å². The van der Waals surface area contributed by atoms with Gasteiger partial charge in [0.2, 0.25) is 10.0 Å². The molecule has 1 aromatic rings. The molecule has 0 bridgehead atoms. The molecule has 0 spiro atoms. The first-order valence-corrected chi connectivity index (χ1v) is 8.21. The molecule has 0 saturated heterocycles. The Balaban J connectivity index is 2.73. The molecule has 1 aromatic carbocycles. The lowest BCUT2D eigenvalue weighted by Gasteiger charge is -2.24. The first-order chi connectivity index (χ1) is 9.30. The quantitative estimate of drug-likeness (QED) is 0.758. The molecule has 0 aliphatic heterocycles. The molecular formula is C14H24N2O3S. The van der Waals surface area contributed by atoms with E-state index in [-0.39, 0.29) is 11.4 Å². The van der Waals surface area contributed by atoms with E-state index in [9.17, 15) is 8.42 Å². The first kappa shape index (κ1) is 17.1. The number of sulfonamides is 1. The molecule has 1 rings (SSSR count). The first-order valence-electron chi connectivity index (χ1n) is 6.73. The van der Waals surface area contributed by atoms with Crippen molar-refractivity contribution in [2.75, 3.05) is 19.7 Å². The Morgan fingerprint density at radius 3 is 2.35 bits per heavy atom. The van der Waals surface area contributed by atoms with E-state index in [1.54, 1.807) is 24.3 Å². The van der Waals surface area contributed by atoms with Crippen LogP contribution in [-0.2, 0) is 21.2 Å². The van der Waals surface area contributed by atoms with E-state index in [0.29, 0.717) is 13.2 Å². The molecule has 0 aliphatic carbocycles. The summed E-state index contributed by atoms with van der Waals surface area (Å²) in [5.74, 6) is 0. The van der Waals surface area contributed by atoms with Crippen molar-refractivity contribution < 1.29 is 13.2 Å². The molecular weight excluding hydrogens is 276 g/mol. The Hall–Kier alpha value is -0.950. The van der Waals surface area contributed by atoms with Crippen molar-refractivity contribution in [2.24, 2.45) is 5.73 Å². The van der Waals surface area contributed by atoms with E-state index in [0.717, 1.165) is 12.0 Å². The van der Waals surface area contributed by atoms with Crippen molar-refractivity contribution in [1.82, 2.24) is 4.72 Å². The van der Waals surface area contributed by atoms with Crippen LogP contribution in [0.5, 0.6) is 0 Å². The number of nitrogens with two attached hydrogens (primary N) is 1. The lowest BCUT2D eigenvalue weighted by Crippen LogP contribution is -2.40. The second-order valence-corrected chi connectivity index (χ2v) is 6.97. The molecule has 0 atom stereocenters. The highest BCUT2D eigenvalue weighted by molar-refractivity contribution is 7.89. The fraction of sp³-hybridized carbons (Fsp3) is 0.571. The molecule has 114 valence electrons. The van der Waals surface area contributed by atoms with E-state index in [2.05, 4.69) is 4.72 Å². The average Bonchev–Trinajstić information content (AvgIpc) is 2.38. The number of ether oxygens (including phenoxy) is 1. The van der Waals surface area contributed by atoms with Gasteiger partial charge in [-0.15, -0.1) is 0 Å². The molecule has 6 heteroatoms. The van der Waals surface area contributed by atoms with Crippen molar-refractivity contribution in [3.63, 3.8) is 0 Å². The van der Waals surface area contributed by atoms with Gasteiger partial charge in [0, 0.05) is 13.2 Å². The van der Waals surface area contributed by atoms with Gasteiger partial charge >= 0.3 is 0 Å². The fourth-order valence-corrected chi connectivity index (χ4v) is 2.99. The monoisotopic (exact) mass is 300 g/mol. The van der Waals surface area contributed by atoms with Gasteiger partial charge in [-0.2, -0.15) is 0 Å². The van der Waals surface area contributed by atoms with Crippen LogP contribution in [0.25, 0.3) is 0 Å². The average molecular weight is 300 g/mol. The largest absolute Gasteiger partial charge is 0.375 e. The van der Waals surface area contributed by atoms with Crippen molar-refractivity contribution in [3.8, 4) is 0 Å². The lowest BCUT2D eigenvalue weighted by molar-refractivity contribution is -0.00515. The van der Waals surface area contributed by atoms with Gasteiger partial charge in [-0.05, 0) is 51.4 Å². The fourth-order valence-electron chi connectivity index (χ4n) is 1.80. The molecule has 5 nitrogen and oxygen atoms in total. The van der Waals surface area contributed by atoms with E-state index < -0.39 is 15.6 Å². The second-order valence-electron chi connectivity index (χ2n) is 5.20. The smallest absolute Gasteiger partial charge is 0.240 e. The van der Waals surface area contributed by atoms with Gasteiger partial charge in [-0.3, -0.25) is 0 Å². The third-order valence-electron chi connectivity index (χ3n) is 2.89. The van der Waals surface area contributed by atoms with Crippen molar-refractivity contribution in [3.05, 3.63) is 29.8 Å². The highest BCUT2D eigenvalue weighted by Crippen LogP contribution is 2.13. The van der Waals surface area contributed by atoms with E-state index >= 15 is 0 Å².